The van der Waals surface area contributed by atoms with E-state index in [2.05, 4.69) is 25.5 Å². The molecule has 1 aromatic rings. The van der Waals surface area contributed by atoms with Gasteiger partial charge in [-0.15, -0.1) is 12.4 Å². The number of H-pyrrole nitrogens is 1. The molecule has 24 heavy (non-hydrogen) atoms. The minimum Gasteiger partial charge on any atom is -0.351 e. The lowest BCUT2D eigenvalue weighted by molar-refractivity contribution is 0.0944. The summed E-state index contributed by atoms with van der Waals surface area (Å²) >= 11 is 0. The predicted molar refractivity (Wildman–Crippen MR) is 97.2 cm³/mol. The fraction of sp³-hybridized carbons (Fsp3) is 0.688. The van der Waals surface area contributed by atoms with Crippen molar-refractivity contribution in [2.24, 2.45) is 0 Å². The van der Waals surface area contributed by atoms with Gasteiger partial charge in [0.05, 0.1) is 5.69 Å². The van der Waals surface area contributed by atoms with Crippen molar-refractivity contribution in [2.75, 3.05) is 39.3 Å². The van der Waals surface area contributed by atoms with E-state index in [0.29, 0.717) is 18.1 Å². The lowest BCUT2D eigenvalue weighted by Gasteiger charge is -2.27. The normalized spacial score (nSPS) is 15.7. The molecule has 2 heterocycles. The summed E-state index contributed by atoms with van der Waals surface area (Å²) in [6.45, 7) is 12.9. The third-order valence-electron chi connectivity index (χ3n) is 3.96. The number of halogens is 1. The van der Waals surface area contributed by atoms with Gasteiger partial charge in [-0.25, -0.2) is 4.98 Å². The van der Waals surface area contributed by atoms with Gasteiger partial charge >= 0.3 is 0 Å². The van der Waals surface area contributed by atoms with Gasteiger partial charge in [0.25, 0.3) is 11.5 Å². The molecule has 1 saturated heterocycles. The zero-order valence-corrected chi connectivity index (χ0v) is 15.7. The summed E-state index contributed by atoms with van der Waals surface area (Å²) in [5, 5.41) is 6.11. The molecule has 0 radical (unpaired) electrons. The molecule has 7 nitrogen and oxygen atoms in total. The SMILES string of the molecule is Cc1nc(C(C)(C)C)[nH]c(=O)c1C(=O)NCCN1CCNCC1.Cl. The summed E-state index contributed by atoms with van der Waals surface area (Å²) in [5.41, 5.74) is -0.0555. The van der Waals surface area contributed by atoms with Crippen molar-refractivity contribution in [3.8, 4) is 0 Å². The molecular weight excluding hydrogens is 330 g/mol. The van der Waals surface area contributed by atoms with E-state index in [0.717, 1.165) is 32.7 Å². The number of piperazine rings is 1. The second-order valence-corrected chi connectivity index (χ2v) is 6.97. The first kappa shape index (κ1) is 20.6. The molecule has 1 aliphatic rings. The Labute approximate surface area is 149 Å². The molecule has 1 fully saturated rings. The summed E-state index contributed by atoms with van der Waals surface area (Å²) < 4.78 is 0. The van der Waals surface area contributed by atoms with Crippen LogP contribution >= 0.6 is 12.4 Å². The Morgan fingerprint density at radius 1 is 1.29 bits per heavy atom. The number of rotatable bonds is 4. The number of nitrogens with zero attached hydrogens (tertiary/aromatic N) is 2. The number of aryl methyl sites for hydroxylation is 1. The molecule has 0 bridgehead atoms. The van der Waals surface area contributed by atoms with E-state index in [9.17, 15) is 9.59 Å². The molecule has 0 unspecified atom stereocenters. The minimum atomic E-state index is -0.373. The summed E-state index contributed by atoms with van der Waals surface area (Å²) in [4.78, 5) is 33.9. The van der Waals surface area contributed by atoms with Crippen molar-refractivity contribution in [3.05, 3.63) is 27.4 Å². The maximum atomic E-state index is 12.3. The summed E-state index contributed by atoms with van der Waals surface area (Å²) in [6.07, 6.45) is 0. The van der Waals surface area contributed by atoms with E-state index >= 15 is 0 Å². The highest BCUT2D eigenvalue weighted by Crippen LogP contribution is 2.17. The Balaban J connectivity index is 0.00000288. The molecule has 1 aliphatic heterocycles. The van der Waals surface area contributed by atoms with Crippen molar-refractivity contribution in [1.82, 2.24) is 25.5 Å². The van der Waals surface area contributed by atoms with Crippen LogP contribution in [0.5, 0.6) is 0 Å². The maximum Gasteiger partial charge on any atom is 0.264 e. The molecule has 3 N–H and O–H groups in total. The second-order valence-electron chi connectivity index (χ2n) is 6.97. The number of carbonyl (C=O) groups is 1. The lowest BCUT2D eigenvalue weighted by Crippen LogP contribution is -2.46. The first-order chi connectivity index (χ1) is 10.8. The summed E-state index contributed by atoms with van der Waals surface area (Å²) in [7, 11) is 0. The smallest absolute Gasteiger partial charge is 0.264 e. The third-order valence-corrected chi connectivity index (χ3v) is 3.96. The maximum absolute atomic E-state index is 12.3. The van der Waals surface area contributed by atoms with Crippen molar-refractivity contribution in [3.63, 3.8) is 0 Å². The van der Waals surface area contributed by atoms with Crippen LogP contribution in [0.4, 0.5) is 0 Å². The zero-order chi connectivity index (χ0) is 17.0. The van der Waals surface area contributed by atoms with Crippen LogP contribution in [0, 0.1) is 6.92 Å². The van der Waals surface area contributed by atoms with Crippen molar-refractivity contribution >= 4 is 18.3 Å². The van der Waals surface area contributed by atoms with Gasteiger partial charge in [0.1, 0.15) is 11.4 Å². The minimum absolute atomic E-state index is 0. The predicted octanol–water partition coefficient (Wildman–Crippen LogP) is 0.433. The Hall–Kier alpha value is -1.44. The number of carbonyl (C=O) groups excluding carboxylic acids is 1. The Kier molecular flexibility index (Phi) is 7.38. The Morgan fingerprint density at radius 3 is 2.46 bits per heavy atom. The molecule has 0 spiro atoms. The third kappa shape index (κ3) is 5.29. The molecule has 0 aliphatic carbocycles. The molecule has 0 atom stereocenters. The highest BCUT2D eigenvalue weighted by Gasteiger charge is 2.22. The van der Waals surface area contributed by atoms with Gasteiger partial charge in [-0.05, 0) is 6.92 Å². The molecule has 8 heteroatoms. The summed E-state index contributed by atoms with van der Waals surface area (Å²) in [5.74, 6) is 0.240. The fourth-order valence-corrected chi connectivity index (χ4v) is 2.56. The highest BCUT2D eigenvalue weighted by molar-refractivity contribution is 5.94. The van der Waals surface area contributed by atoms with Gasteiger partial charge in [-0.1, -0.05) is 20.8 Å². The fourth-order valence-electron chi connectivity index (χ4n) is 2.56. The lowest BCUT2D eigenvalue weighted by atomic mass is 9.95. The van der Waals surface area contributed by atoms with Crippen LogP contribution in [-0.2, 0) is 5.41 Å². The van der Waals surface area contributed by atoms with Crippen LogP contribution in [0.15, 0.2) is 4.79 Å². The van der Waals surface area contributed by atoms with Crippen molar-refractivity contribution in [2.45, 2.75) is 33.1 Å². The number of amides is 1. The molecule has 0 saturated carbocycles. The van der Waals surface area contributed by atoms with E-state index < -0.39 is 0 Å². The van der Waals surface area contributed by atoms with Crippen molar-refractivity contribution in [1.29, 1.82) is 0 Å². The number of hydrogen-bond donors (Lipinski definition) is 3. The van der Waals surface area contributed by atoms with Crippen LogP contribution in [0.1, 0.15) is 42.6 Å². The molecule has 1 amide bonds. The molecular formula is C16H28ClN5O2. The Bertz CT molecular complexity index is 618. The monoisotopic (exact) mass is 357 g/mol. The topological polar surface area (TPSA) is 90.1 Å². The first-order valence-corrected chi connectivity index (χ1v) is 8.11. The molecule has 136 valence electrons. The van der Waals surface area contributed by atoms with Crippen molar-refractivity contribution < 1.29 is 4.79 Å². The molecule has 2 rings (SSSR count). The first-order valence-electron chi connectivity index (χ1n) is 8.11. The van der Waals surface area contributed by atoms with Gasteiger partial charge in [-0.3, -0.25) is 14.5 Å². The standard InChI is InChI=1S/C16H27N5O2.ClH/c1-11-12(14(23)20-15(19-11)16(2,3)4)13(22)18-7-10-21-8-5-17-6-9-21;/h17H,5-10H2,1-4H3,(H,18,22)(H,19,20,23);1H. The van der Waals surface area contributed by atoms with Gasteiger partial charge in [0, 0.05) is 44.7 Å². The van der Waals surface area contributed by atoms with Gasteiger partial charge < -0.3 is 15.6 Å². The van der Waals surface area contributed by atoms with Gasteiger partial charge in [0.2, 0.25) is 0 Å². The van der Waals surface area contributed by atoms with Crippen LogP contribution in [0.2, 0.25) is 0 Å². The molecule has 1 aromatic heterocycles. The number of hydrogen-bond acceptors (Lipinski definition) is 5. The van der Waals surface area contributed by atoms with Gasteiger partial charge in [0.15, 0.2) is 0 Å². The summed E-state index contributed by atoms with van der Waals surface area (Å²) in [6, 6.07) is 0. The van der Waals surface area contributed by atoms with E-state index in [-0.39, 0.29) is 34.9 Å². The average molecular weight is 358 g/mol. The van der Waals surface area contributed by atoms with E-state index in [4.69, 9.17) is 0 Å². The Morgan fingerprint density at radius 2 is 1.92 bits per heavy atom. The average Bonchev–Trinajstić information content (AvgIpc) is 2.46. The van der Waals surface area contributed by atoms with Crippen LogP contribution in [-0.4, -0.2) is 60.0 Å². The van der Waals surface area contributed by atoms with E-state index in [1.54, 1.807) is 6.92 Å². The van der Waals surface area contributed by atoms with Crippen LogP contribution in [0.3, 0.4) is 0 Å². The number of aromatic amines is 1. The van der Waals surface area contributed by atoms with E-state index in [1.807, 2.05) is 20.8 Å². The second kappa shape index (κ2) is 8.60. The number of nitrogens with one attached hydrogen (secondary N) is 3. The largest absolute Gasteiger partial charge is 0.351 e. The highest BCUT2D eigenvalue weighted by atomic mass is 35.5. The molecule has 0 aromatic carbocycles. The zero-order valence-electron chi connectivity index (χ0n) is 14.9. The quantitative estimate of drug-likeness (QED) is 0.727. The van der Waals surface area contributed by atoms with E-state index in [1.165, 1.54) is 0 Å². The van der Waals surface area contributed by atoms with Crippen LogP contribution < -0.4 is 16.2 Å². The van der Waals surface area contributed by atoms with Crippen LogP contribution in [0.25, 0.3) is 0 Å². The van der Waals surface area contributed by atoms with Gasteiger partial charge in [-0.2, -0.15) is 0 Å². The number of aromatic nitrogens is 2.